The van der Waals surface area contributed by atoms with E-state index >= 15 is 0 Å². The summed E-state index contributed by atoms with van der Waals surface area (Å²) in [6, 6.07) is 6.65. The van der Waals surface area contributed by atoms with Crippen LogP contribution in [0.25, 0.3) is 0 Å². The summed E-state index contributed by atoms with van der Waals surface area (Å²) in [5, 5.41) is 2.94. The quantitative estimate of drug-likeness (QED) is 0.732. The molecule has 1 saturated heterocycles. The van der Waals surface area contributed by atoms with Crippen molar-refractivity contribution in [1.82, 2.24) is 14.5 Å². The number of sulfonamides is 1. The second-order valence-corrected chi connectivity index (χ2v) is 8.40. The molecule has 1 aromatic rings. The zero-order valence-electron chi connectivity index (χ0n) is 15.8. The molecule has 2 rings (SSSR count). The van der Waals surface area contributed by atoms with Crippen molar-refractivity contribution in [2.24, 2.45) is 0 Å². The Morgan fingerprint density at radius 3 is 2.31 bits per heavy atom. The van der Waals surface area contributed by atoms with Crippen molar-refractivity contribution >= 4 is 15.9 Å². The average molecular weight is 384 g/mol. The van der Waals surface area contributed by atoms with Crippen molar-refractivity contribution < 1.29 is 17.9 Å². The van der Waals surface area contributed by atoms with Crippen LogP contribution < -0.4 is 10.1 Å². The van der Waals surface area contributed by atoms with Crippen LogP contribution in [-0.2, 0) is 14.8 Å². The molecule has 1 aromatic carbocycles. The van der Waals surface area contributed by atoms with Gasteiger partial charge in [0.1, 0.15) is 5.75 Å². The van der Waals surface area contributed by atoms with Gasteiger partial charge in [0.15, 0.2) is 0 Å². The topological polar surface area (TPSA) is 79.0 Å². The van der Waals surface area contributed by atoms with Crippen LogP contribution in [0.5, 0.6) is 5.75 Å². The molecule has 0 radical (unpaired) electrons. The number of nitrogens with one attached hydrogen (secondary N) is 1. The molecule has 0 saturated carbocycles. The summed E-state index contributed by atoms with van der Waals surface area (Å²) in [5.41, 5.74) is 0. The lowest BCUT2D eigenvalue weighted by Crippen LogP contribution is -2.51. The van der Waals surface area contributed by atoms with Crippen LogP contribution in [0.15, 0.2) is 29.2 Å². The van der Waals surface area contributed by atoms with Gasteiger partial charge in [-0.15, -0.1) is 0 Å². The minimum Gasteiger partial charge on any atom is -0.494 e. The molecule has 1 aliphatic heterocycles. The number of ether oxygens (including phenoxy) is 1. The molecule has 1 amide bonds. The van der Waals surface area contributed by atoms with Gasteiger partial charge in [-0.1, -0.05) is 6.92 Å². The van der Waals surface area contributed by atoms with E-state index in [1.165, 1.54) is 4.31 Å². The molecule has 146 valence electrons. The molecule has 1 fully saturated rings. The van der Waals surface area contributed by atoms with Gasteiger partial charge in [0.25, 0.3) is 0 Å². The molecule has 0 aromatic heterocycles. The van der Waals surface area contributed by atoms with Crippen LogP contribution in [-0.4, -0.2) is 68.9 Å². The van der Waals surface area contributed by atoms with Gasteiger partial charge in [-0.3, -0.25) is 9.69 Å². The fraction of sp³-hybridized carbons (Fsp3) is 0.611. The summed E-state index contributed by atoms with van der Waals surface area (Å²) >= 11 is 0. The van der Waals surface area contributed by atoms with E-state index in [0.29, 0.717) is 45.1 Å². The number of hydrogen-bond donors (Lipinski definition) is 1. The number of carbonyl (C=O) groups excluding carboxylic acids is 1. The number of nitrogens with zero attached hydrogens (tertiary/aromatic N) is 2. The van der Waals surface area contributed by atoms with Crippen LogP contribution in [0.2, 0.25) is 0 Å². The molecule has 0 unspecified atom stereocenters. The molecule has 0 bridgehead atoms. The first-order valence-electron chi connectivity index (χ1n) is 9.11. The van der Waals surface area contributed by atoms with Crippen LogP contribution in [0.4, 0.5) is 0 Å². The van der Waals surface area contributed by atoms with Crippen molar-refractivity contribution in [2.75, 3.05) is 39.3 Å². The van der Waals surface area contributed by atoms with Gasteiger partial charge >= 0.3 is 0 Å². The SMILES string of the molecule is CCOc1ccc(S(=O)(=O)N2CCN(CC(=O)N[C@@H](C)CC)CC2)cc1. The van der Waals surface area contributed by atoms with Gasteiger partial charge in [-0.25, -0.2) is 8.42 Å². The zero-order chi connectivity index (χ0) is 19.2. The smallest absolute Gasteiger partial charge is 0.243 e. The fourth-order valence-electron chi connectivity index (χ4n) is 2.78. The standard InChI is InChI=1S/C18H29N3O4S/c1-4-15(3)19-18(22)14-20-10-12-21(13-11-20)26(23,24)17-8-6-16(7-9-17)25-5-2/h6-9,15H,4-5,10-14H2,1-3H3,(H,19,22)/t15-/m0/s1. The number of piperazine rings is 1. The van der Waals surface area contributed by atoms with E-state index in [9.17, 15) is 13.2 Å². The average Bonchev–Trinajstić information content (AvgIpc) is 2.62. The van der Waals surface area contributed by atoms with Gasteiger partial charge in [-0.05, 0) is 44.5 Å². The predicted octanol–water partition coefficient (Wildman–Crippen LogP) is 1.31. The molecular formula is C18H29N3O4S. The molecule has 0 aliphatic carbocycles. The lowest BCUT2D eigenvalue weighted by Gasteiger charge is -2.33. The highest BCUT2D eigenvalue weighted by Gasteiger charge is 2.29. The summed E-state index contributed by atoms with van der Waals surface area (Å²) in [6.07, 6.45) is 0.889. The molecular weight excluding hydrogens is 354 g/mol. The van der Waals surface area contributed by atoms with Crippen LogP contribution in [0.1, 0.15) is 27.2 Å². The maximum absolute atomic E-state index is 12.8. The van der Waals surface area contributed by atoms with Gasteiger partial charge in [0.05, 0.1) is 18.0 Å². The predicted molar refractivity (Wildman–Crippen MR) is 101 cm³/mol. The van der Waals surface area contributed by atoms with Crippen molar-refractivity contribution in [1.29, 1.82) is 0 Å². The molecule has 8 heteroatoms. The lowest BCUT2D eigenvalue weighted by molar-refractivity contribution is -0.123. The highest BCUT2D eigenvalue weighted by molar-refractivity contribution is 7.89. The van der Waals surface area contributed by atoms with E-state index in [2.05, 4.69) is 5.32 Å². The van der Waals surface area contributed by atoms with Crippen molar-refractivity contribution in [2.45, 2.75) is 38.1 Å². The molecule has 26 heavy (non-hydrogen) atoms. The Morgan fingerprint density at radius 2 is 1.77 bits per heavy atom. The molecule has 7 nitrogen and oxygen atoms in total. The van der Waals surface area contributed by atoms with Gasteiger partial charge in [-0.2, -0.15) is 4.31 Å². The Kier molecular flexibility index (Phi) is 7.43. The Hall–Kier alpha value is -1.64. The van der Waals surface area contributed by atoms with E-state index < -0.39 is 10.0 Å². The maximum atomic E-state index is 12.8. The summed E-state index contributed by atoms with van der Waals surface area (Å²) in [7, 11) is -3.52. The molecule has 0 spiro atoms. The first kappa shape index (κ1) is 20.7. The van der Waals surface area contributed by atoms with Crippen molar-refractivity contribution in [3.8, 4) is 5.75 Å². The first-order chi connectivity index (χ1) is 12.4. The highest BCUT2D eigenvalue weighted by Crippen LogP contribution is 2.20. The number of benzene rings is 1. The Morgan fingerprint density at radius 1 is 1.15 bits per heavy atom. The minimum atomic E-state index is -3.52. The van der Waals surface area contributed by atoms with E-state index in [4.69, 9.17) is 4.74 Å². The van der Waals surface area contributed by atoms with Crippen molar-refractivity contribution in [3.63, 3.8) is 0 Å². The monoisotopic (exact) mass is 383 g/mol. The van der Waals surface area contributed by atoms with Gasteiger partial charge in [0, 0.05) is 32.2 Å². The van der Waals surface area contributed by atoms with Crippen LogP contribution in [0, 0.1) is 0 Å². The molecule has 1 N–H and O–H groups in total. The maximum Gasteiger partial charge on any atom is 0.243 e. The Labute approximate surface area is 156 Å². The number of carbonyl (C=O) groups is 1. The summed E-state index contributed by atoms with van der Waals surface area (Å²) in [4.78, 5) is 14.2. The Balaban J connectivity index is 1.90. The van der Waals surface area contributed by atoms with E-state index in [0.717, 1.165) is 6.42 Å². The highest BCUT2D eigenvalue weighted by atomic mass is 32.2. The van der Waals surface area contributed by atoms with Crippen LogP contribution in [0.3, 0.4) is 0 Å². The summed E-state index contributed by atoms with van der Waals surface area (Å²) in [6.45, 7) is 8.58. The number of hydrogen-bond acceptors (Lipinski definition) is 5. The first-order valence-corrected chi connectivity index (χ1v) is 10.6. The number of amides is 1. The van der Waals surface area contributed by atoms with E-state index in [1.807, 2.05) is 25.7 Å². The molecule has 1 atom stereocenters. The second-order valence-electron chi connectivity index (χ2n) is 6.46. The van der Waals surface area contributed by atoms with E-state index in [-0.39, 0.29) is 16.8 Å². The fourth-order valence-corrected chi connectivity index (χ4v) is 4.20. The number of rotatable bonds is 8. The third-order valence-corrected chi connectivity index (χ3v) is 6.40. The van der Waals surface area contributed by atoms with E-state index in [1.54, 1.807) is 24.3 Å². The normalized spacial score (nSPS) is 17.7. The van der Waals surface area contributed by atoms with Gasteiger partial charge < -0.3 is 10.1 Å². The van der Waals surface area contributed by atoms with Crippen LogP contribution >= 0.6 is 0 Å². The molecule has 1 aliphatic rings. The second kappa shape index (κ2) is 9.34. The summed E-state index contributed by atoms with van der Waals surface area (Å²) in [5.74, 6) is 0.644. The minimum absolute atomic E-state index is 0.0119. The lowest BCUT2D eigenvalue weighted by atomic mass is 10.2. The van der Waals surface area contributed by atoms with Gasteiger partial charge in [0.2, 0.25) is 15.9 Å². The largest absolute Gasteiger partial charge is 0.494 e. The zero-order valence-corrected chi connectivity index (χ0v) is 16.6. The third-order valence-electron chi connectivity index (χ3n) is 4.49. The van der Waals surface area contributed by atoms with Crippen molar-refractivity contribution in [3.05, 3.63) is 24.3 Å². The Bertz CT molecular complexity index is 683. The third kappa shape index (κ3) is 5.43. The summed E-state index contributed by atoms with van der Waals surface area (Å²) < 4.78 is 32.3. The molecule has 1 heterocycles.